The molecule has 0 saturated heterocycles. The Kier molecular flexibility index (Phi) is 3.76. The highest BCUT2D eigenvalue weighted by Gasteiger charge is 1.98. The van der Waals surface area contributed by atoms with Crippen LogP contribution in [0.25, 0.3) is 0 Å². The van der Waals surface area contributed by atoms with E-state index in [2.05, 4.69) is 38.2 Å². The van der Waals surface area contributed by atoms with Crippen molar-refractivity contribution >= 4 is 11.3 Å². The molecule has 1 nitrogen and oxygen atoms in total. The summed E-state index contributed by atoms with van der Waals surface area (Å²) in [4.78, 5) is 2.93. The SMILES string of the molecule is CCc1ccc(CNC(C)C)s1. The van der Waals surface area contributed by atoms with Crippen LogP contribution in [0.4, 0.5) is 0 Å². The van der Waals surface area contributed by atoms with Crippen molar-refractivity contribution in [2.75, 3.05) is 0 Å². The zero-order chi connectivity index (χ0) is 8.97. The predicted molar refractivity (Wildman–Crippen MR) is 55.7 cm³/mol. The molecule has 68 valence electrons. The molecule has 0 saturated carbocycles. The fraction of sp³-hybridized carbons (Fsp3) is 0.600. The van der Waals surface area contributed by atoms with Crippen LogP contribution in [0.15, 0.2) is 12.1 Å². The van der Waals surface area contributed by atoms with Crippen molar-refractivity contribution < 1.29 is 0 Å². The van der Waals surface area contributed by atoms with E-state index in [9.17, 15) is 0 Å². The van der Waals surface area contributed by atoms with Gasteiger partial charge in [0.15, 0.2) is 0 Å². The average molecular weight is 183 g/mol. The molecule has 0 aliphatic rings. The zero-order valence-electron chi connectivity index (χ0n) is 8.05. The van der Waals surface area contributed by atoms with Gasteiger partial charge in [-0.15, -0.1) is 11.3 Å². The third kappa shape index (κ3) is 2.95. The zero-order valence-corrected chi connectivity index (χ0v) is 8.87. The van der Waals surface area contributed by atoms with Crippen molar-refractivity contribution in [2.24, 2.45) is 0 Å². The second-order valence-corrected chi connectivity index (χ2v) is 4.51. The Labute approximate surface area is 78.8 Å². The lowest BCUT2D eigenvalue weighted by molar-refractivity contribution is 0.593. The number of aryl methyl sites for hydroxylation is 1. The van der Waals surface area contributed by atoms with Crippen LogP contribution in [0.5, 0.6) is 0 Å². The molecule has 1 aromatic rings. The van der Waals surface area contributed by atoms with Gasteiger partial charge in [-0.05, 0) is 18.6 Å². The van der Waals surface area contributed by atoms with Crippen molar-refractivity contribution in [1.29, 1.82) is 0 Å². The first-order valence-electron chi connectivity index (χ1n) is 4.53. The van der Waals surface area contributed by atoms with E-state index in [4.69, 9.17) is 0 Å². The van der Waals surface area contributed by atoms with Gasteiger partial charge in [-0.3, -0.25) is 0 Å². The Morgan fingerprint density at radius 1 is 1.33 bits per heavy atom. The molecule has 0 aromatic carbocycles. The van der Waals surface area contributed by atoms with Crippen LogP contribution in [-0.2, 0) is 13.0 Å². The summed E-state index contributed by atoms with van der Waals surface area (Å²) in [5, 5.41) is 3.41. The number of hydrogen-bond donors (Lipinski definition) is 1. The summed E-state index contributed by atoms with van der Waals surface area (Å²) in [6.07, 6.45) is 1.16. The van der Waals surface area contributed by atoms with Crippen LogP contribution >= 0.6 is 11.3 Å². The standard InChI is InChI=1S/C10H17NS/c1-4-9-5-6-10(12-9)7-11-8(2)3/h5-6,8,11H,4,7H2,1-3H3. The van der Waals surface area contributed by atoms with Crippen molar-refractivity contribution in [3.8, 4) is 0 Å². The third-order valence-electron chi connectivity index (χ3n) is 1.75. The largest absolute Gasteiger partial charge is 0.310 e. The second-order valence-electron chi connectivity index (χ2n) is 3.26. The van der Waals surface area contributed by atoms with E-state index < -0.39 is 0 Å². The molecule has 0 aliphatic carbocycles. The lowest BCUT2D eigenvalue weighted by Gasteiger charge is -2.05. The summed E-state index contributed by atoms with van der Waals surface area (Å²) in [6, 6.07) is 5.03. The fourth-order valence-corrected chi connectivity index (χ4v) is 1.92. The molecule has 1 N–H and O–H groups in total. The van der Waals surface area contributed by atoms with Gasteiger partial charge in [0.25, 0.3) is 0 Å². The van der Waals surface area contributed by atoms with Gasteiger partial charge in [-0.1, -0.05) is 20.8 Å². The summed E-state index contributed by atoms with van der Waals surface area (Å²) in [7, 11) is 0. The normalized spacial score (nSPS) is 11.0. The van der Waals surface area contributed by atoms with Gasteiger partial charge in [0.2, 0.25) is 0 Å². The summed E-state index contributed by atoms with van der Waals surface area (Å²) in [6.45, 7) is 7.57. The molecule has 0 atom stereocenters. The fourth-order valence-electron chi connectivity index (χ4n) is 1.01. The Morgan fingerprint density at radius 2 is 2.00 bits per heavy atom. The highest BCUT2D eigenvalue weighted by atomic mass is 32.1. The quantitative estimate of drug-likeness (QED) is 0.757. The Bertz CT molecular complexity index is 227. The topological polar surface area (TPSA) is 12.0 Å². The Morgan fingerprint density at radius 3 is 2.50 bits per heavy atom. The molecule has 0 fully saturated rings. The first-order valence-corrected chi connectivity index (χ1v) is 5.35. The van der Waals surface area contributed by atoms with Crippen LogP contribution in [0.3, 0.4) is 0 Å². The smallest absolute Gasteiger partial charge is 0.0302 e. The van der Waals surface area contributed by atoms with Crippen molar-refractivity contribution in [3.63, 3.8) is 0 Å². The van der Waals surface area contributed by atoms with Gasteiger partial charge >= 0.3 is 0 Å². The lowest BCUT2D eigenvalue weighted by Crippen LogP contribution is -2.21. The van der Waals surface area contributed by atoms with Gasteiger partial charge in [-0.25, -0.2) is 0 Å². The van der Waals surface area contributed by atoms with E-state index in [1.165, 1.54) is 9.75 Å². The first-order chi connectivity index (χ1) is 5.72. The maximum absolute atomic E-state index is 3.41. The molecule has 0 amide bonds. The van der Waals surface area contributed by atoms with Crippen LogP contribution < -0.4 is 5.32 Å². The lowest BCUT2D eigenvalue weighted by atomic mass is 10.3. The minimum atomic E-state index is 0.581. The van der Waals surface area contributed by atoms with Gasteiger partial charge in [-0.2, -0.15) is 0 Å². The molecule has 2 heteroatoms. The molecule has 0 aliphatic heterocycles. The number of nitrogens with one attached hydrogen (secondary N) is 1. The molecular weight excluding hydrogens is 166 g/mol. The predicted octanol–water partition coefficient (Wildman–Crippen LogP) is 2.81. The summed E-state index contributed by atoms with van der Waals surface area (Å²) in [5.74, 6) is 0. The summed E-state index contributed by atoms with van der Waals surface area (Å²) in [5.41, 5.74) is 0. The molecule has 0 spiro atoms. The monoisotopic (exact) mass is 183 g/mol. The van der Waals surface area contributed by atoms with Crippen molar-refractivity contribution in [3.05, 3.63) is 21.9 Å². The summed E-state index contributed by atoms with van der Waals surface area (Å²) < 4.78 is 0. The Hall–Kier alpha value is -0.340. The van der Waals surface area contributed by atoms with Gasteiger partial charge in [0, 0.05) is 22.3 Å². The molecule has 1 heterocycles. The number of rotatable bonds is 4. The van der Waals surface area contributed by atoms with Crippen LogP contribution in [0.1, 0.15) is 30.5 Å². The van der Waals surface area contributed by atoms with Crippen LogP contribution in [0.2, 0.25) is 0 Å². The highest BCUT2D eigenvalue weighted by molar-refractivity contribution is 7.11. The second kappa shape index (κ2) is 4.63. The first kappa shape index (κ1) is 9.75. The Balaban J connectivity index is 2.41. The maximum Gasteiger partial charge on any atom is 0.0302 e. The molecule has 0 unspecified atom stereocenters. The number of thiophene rings is 1. The van der Waals surface area contributed by atoms with Crippen molar-refractivity contribution in [1.82, 2.24) is 5.32 Å². The minimum Gasteiger partial charge on any atom is -0.310 e. The molecular formula is C10H17NS. The van der Waals surface area contributed by atoms with Crippen molar-refractivity contribution in [2.45, 2.75) is 39.8 Å². The molecule has 1 aromatic heterocycles. The van der Waals surface area contributed by atoms with E-state index in [1.807, 2.05) is 11.3 Å². The maximum atomic E-state index is 3.41. The van der Waals surface area contributed by atoms with Gasteiger partial charge in [0.1, 0.15) is 0 Å². The average Bonchev–Trinajstić information content (AvgIpc) is 2.48. The van der Waals surface area contributed by atoms with E-state index in [-0.39, 0.29) is 0 Å². The van der Waals surface area contributed by atoms with E-state index in [0.29, 0.717) is 6.04 Å². The van der Waals surface area contributed by atoms with E-state index in [1.54, 1.807) is 0 Å². The van der Waals surface area contributed by atoms with Gasteiger partial charge in [0.05, 0.1) is 0 Å². The third-order valence-corrected chi connectivity index (χ3v) is 2.98. The molecule has 12 heavy (non-hydrogen) atoms. The van der Waals surface area contributed by atoms with E-state index >= 15 is 0 Å². The molecule has 1 rings (SSSR count). The molecule has 0 radical (unpaired) electrons. The van der Waals surface area contributed by atoms with E-state index in [0.717, 1.165) is 13.0 Å². The van der Waals surface area contributed by atoms with Crippen LogP contribution in [-0.4, -0.2) is 6.04 Å². The minimum absolute atomic E-state index is 0.581. The summed E-state index contributed by atoms with van der Waals surface area (Å²) >= 11 is 1.91. The molecule has 0 bridgehead atoms. The highest BCUT2D eigenvalue weighted by Crippen LogP contribution is 2.16. The van der Waals surface area contributed by atoms with Crippen LogP contribution in [0, 0.1) is 0 Å². The van der Waals surface area contributed by atoms with Gasteiger partial charge < -0.3 is 5.32 Å². The number of hydrogen-bond acceptors (Lipinski definition) is 2.